The molecule has 0 saturated heterocycles. The molecule has 0 spiro atoms. The molecule has 0 aliphatic rings. The summed E-state index contributed by atoms with van der Waals surface area (Å²) in [5, 5.41) is 18.8. The number of imidazole rings is 1. The lowest BCUT2D eigenvalue weighted by molar-refractivity contribution is 0.0691. The first-order valence-corrected chi connectivity index (χ1v) is 4.72. The van der Waals surface area contributed by atoms with Gasteiger partial charge in [-0.25, -0.2) is 14.8 Å². The van der Waals surface area contributed by atoms with E-state index in [1.165, 1.54) is 12.7 Å². The smallest absolute Gasteiger partial charge is 0.356 e. The molecule has 0 unspecified atom stereocenters. The molecule has 90 valence electrons. The summed E-state index contributed by atoms with van der Waals surface area (Å²) >= 11 is 0. The van der Waals surface area contributed by atoms with Crippen LogP contribution in [0.25, 0.3) is 23.2 Å². The zero-order valence-corrected chi connectivity index (χ0v) is 8.65. The number of carbonyl (C=O) groups is 1. The second kappa shape index (κ2) is 3.76. The molecule has 0 fully saturated rings. The quantitative estimate of drug-likeness (QED) is 0.583. The number of nitrogens with zero attached hydrogens (tertiary/aromatic N) is 5. The molecule has 0 amide bonds. The first-order chi connectivity index (χ1) is 8.75. The van der Waals surface area contributed by atoms with Crippen LogP contribution in [0.3, 0.4) is 0 Å². The number of carboxylic acid groups (broad SMARTS) is 1. The highest BCUT2D eigenvalue weighted by molar-refractivity contribution is 5.91. The molecular formula is C8H5N7O3. The Kier molecular flexibility index (Phi) is 2.12. The van der Waals surface area contributed by atoms with Gasteiger partial charge in [0, 0.05) is 0 Å². The lowest BCUT2D eigenvalue weighted by Gasteiger charge is -1.90. The van der Waals surface area contributed by atoms with Gasteiger partial charge in [0.15, 0.2) is 11.5 Å². The Bertz CT molecular complexity index is 683. The molecule has 0 aliphatic heterocycles. The maximum absolute atomic E-state index is 10.9. The number of aromatic amines is 2. The predicted molar refractivity (Wildman–Crippen MR) is 54.2 cm³/mol. The molecule has 0 saturated carbocycles. The van der Waals surface area contributed by atoms with Crippen LogP contribution in [0.15, 0.2) is 17.2 Å². The van der Waals surface area contributed by atoms with Crippen molar-refractivity contribution in [3.05, 3.63) is 18.3 Å². The van der Waals surface area contributed by atoms with E-state index in [4.69, 9.17) is 9.63 Å². The zero-order chi connectivity index (χ0) is 12.5. The van der Waals surface area contributed by atoms with Crippen LogP contribution in [0.5, 0.6) is 0 Å². The van der Waals surface area contributed by atoms with Crippen molar-refractivity contribution in [1.29, 1.82) is 0 Å². The number of hydrogen-bond acceptors (Lipinski definition) is 7. The Morgan fingerprint density at radius 3 is 3.00 bits per heavy atom. The molecule has 3 aromatic rings. The van der Waals surface area contributed by atoms with Gasteiger partial charge in [-0.15, -0.1) is 0 Å². The maximum atomic E-state index is 10.9. The lowest BCUT2D eigenvalue weighted by Crippen LogP contribution is -1.99. The number of carboxylic acids is 1. The fourth-order valence-electron chi connectivity index (χ4n) is 1.35. The van der Waals surface area contributed by atoms with Gasteiger partial charge >= 0.3 is 5.97 Å². The fourth-order valence-corrected chi connectivity index (χ4v) is 1.35. The molecule has 3 rings (SSSR count). The number of hydrogen-bond donors (Lipinski definition) is 3. The van der Waals surface area contributed by atoms with Crippen LogP contribution in [-0.4, -0.2) is 46.4 Å². The molecule has 10 heteroatoms. The Morgan fingerprint density at radius 1 is 1.39 bits per heavy atom. The molecular weight excluding hydrogens is 242 g/mol. The van der Waals surface area contributed by atoms with Gasteiger partial charge in [-0.3, -0.25) is 5.10 Å². The average molecular weight is 247 g/mol. The largest absolute Gasteiger partial charge is 0.476 e. The highest BCUT2D eigenvalue weighted by atomic mass is 16.5. The van der Waals surface area contributed by atoms with Crippen LogP contribution in [-0.2, 0) is 0 Å². The van der Waals surface area contributed by atoms with Crippen molar-refractivity contribution < 1.29 is 14.4 Å². The van der Waals surface area contributed by atoms with E-state index in [9.17, 15) is 4.79 Å². The van der Waals surface area contributed by atoms with Crippen molar-refractivity contribution in [2.24, 2.45) is 0 Å². The molecule has 0 aliphatic carbocycles. The molecule has 3 aromatic heterocycles. The summed E-state index contributed by atoms with van der Waals surface area (Å²) in [5.74, 6) is -0.684. The summed E-state index contributed by atoms with van der Waals surface area (Å²) in [5.41, 5.74) is -0.0523. The van der Waals surface area contributed by atoms with E-state index in [0.717, 1.165) is 0 Å². The molecule has 0 radical (unpaired) electrons. The average Bonchev–Trinajstić information content (AvgIpc) is 3.10. The number of H-pyrrole nitrogens is 2. The molecule has 0 aromatic carbocycles. The van der Waals surface area contributed by atoms with E-state index < -0.39 is 5.97 Å². The minimum Gasteiger partial charge on any atom is -0.476 e. The third-order valence-corrected chi connectivity index (χ3v) is 2.11. The van der Waals surface area contributed by atoms with Crippen LogP contribution < -0.4 is 0 Å². The normalized spacial score (nSPS) is 10.7. The van der Waals surface area contributed by atoms with Gasteiger partial charge in [-0.05, 0) is 0 Å². The van der Waals surface area contributed by atoms with Gasteiger partial charge in [0.1, 0.15) is 12.0 Å². The summed E-state index contributed by atoms with van der Waals surface area (Å²) in [4.78, 5) is 25.0. The molecule has 0 bridgehead atoms. The Hall–Kier alpha value is -3.04. The van der Waals surface area contributed by atoms with E-state index in [1.807, 2.05) is 0 Å². The minimum absolute atomic E-state index is 0.0105. The van der Waals surface area contributed by atoms with Crippen LogP contribution in [0, 0.1) is 0 Å². The van der Waals surface area contributed by atoms with Crippen LogP contribution in [0.2, 0.25) is 0 Å². The SMILES string of the molecule is O=C(O)c1nc[nH]c1-c1nc(-c2ncn[nH]2)no1. The Labute approximate surface area is 98.1 Å². The van der Waals surface area contributed by atoms with Crippen molar-refractivity contribution in [2.45, 2.75) is 0 Å². The molecule has 3 N–H and O–H groups in total. The number of aromatic nitrogens is 7. The molecule has 10 nitrogen and oxygen atoms in total. The zero-order valence-electron chi connectivity index (χ0n) is 8.65. The predicted octanol–water partition coefficient (Wildman–Crippen LogP) is -0.0570. The van der Waals surface area contributed by atoms with Gasteiger partial charge in [-0.1, -0.05) is 5.16 Å². The molecule has 3 heterocycles. The molecule has 18 heavy (non-hydrogen) atoms. The third kappa shape index (κ3) is 1.52. The summed E-state index contributed by atoms with van der Waals surface area (Å²) < 4.78 is 4.94. The van der Waals surface area contributed by atoms with Crippen LogP contribution >= 0.6 is 0 Å². The Morgan fingerprint density at radius 2 is 2.28 bits per heavy atom. The minimum atomic E-state index is -1.19. The molecule has 0 atom stereocenters. The van der Waals surface area contributed by atoms with E-state index >= 15 is 0 Å². The van der Waals surface area contributed by atoms with Crippen molar-refractivity contribution >= 4 is 5.97 Å². The van der Waals surface area contributed by atoms with Gasteiger partial charge in [0.25, 0.3) is 5.89 Å². The highest BCUT2D eigenvalue weighted by Gasteiger charge is 2.21. The number of aromatic carboxylic acids is 1. The highest BCUT2D eigenvalue weighted by Crippen LogP contribution is 2.20. The van der Waals surface area contributed by atoms with Gasteiger partial charge in [0.05, 0.1) is 6.33 Å². The summed E-state index contributed by atoms with van der Waals surface area (Å²) in [6, 6.07) is 0. The van der Waals surface area contributed by atoms with Gasteiger partial charge in [0.2, 0.25) is 5.82 Å². The van der Waals surface area contributed by atoms with E-state index in [-0.39, 0.29) is 23.1 Å². The third-order valence-electron chi connectivity index (χ3n) is 2.11. The first kappa shape index (κ1) is 10.1. The monoisotopic (exact) mass is 247 g/mol. The second-order valence-corrected chi connectivity index (χ2v) is 3.19. The van der Waals surface area contributed by atoms with Gasteiger partial charge < -0.3 is 14.6 Å². The van der Waals surface area contributed by atoms with E-state index in [2.05, 4.69) is 35.3 Å². The second-order valence-electron chi connectivity index (χ2n) is 3.19. The maximum Gasteiger partial charge on any atom is 0.356 e. The van der Waals surface area contributed by atoms with Crippen molar-refractivity contribution in [3.63, 3.8) is 0 Å². The van der Waals surface area contributed by atoms with Crippen molar-refractivity contribution in [2.75, 3.05) is 0 Å². The van der Waals surface area contributed by atoms with Crippen molar-refractivity contribution in [1.82, 2.24) is 35.3 Å². The van der Waals surface area contributed by atoms with Crippen LogP contribution in [0.1, 0.15) is 10.5 Å². The van der Waals surface area contributed by atoms with E-state index in [1.54, 1.807) is 0 Å². The summed E-state index contributed by atoms with van der Waals surface area (Å²) in [6.45, 7) is 0. The van der Waals surface area contributed by atoms with Crippen molar-refractivity contribution in [3.8, 4) is 23.2 Å². The first-order valence-electron chi connectivity index (χ1n) is 4.72. The lowest BCUT2D eigenvalue weighted by atomic mass is 10.3. The standard InChI is InChI=1S/C8H5N7O3/c16-8(17)4-3(9-1-10-4)7-13-6(15-18-7)5-11-2-12-14-5/h1-2H,(H,9,10)(H,16,17)(H,11,12,14). The van der Waals surface area contributed by atoms with Gasteiger partial charge in [-0.2, -0.15) is 10.1 Å². The summed E-state index contributed by atoms with van der Waals surface area (Å²) in [7, 11) is 0. The Balaban J connectivity index is 2.03. The fraction of sp³-hybridized carbons (Fsp3) is 0. The van der Waals surface area contributed by atoms with E-state index in [0.29, 0.717) is 5.82 Å². The number of nitrogens with one attached hydrogen (secondary N) is 2. The van der Waals surface area contributed by atoms with Crippen LogP contribution in [0.4, 0.5) is 0 Å². The number of rotatable bonds is 3. The topological polar surface area (TPSA) is 146 Å². The summed E-state index contributed by atoms with van der Waals surface area (Å²) in [6.07, 6.45) is 2.53.